The summed E-state index contributed by atoms with van der Waals surface area (Å²) in [4.78, 5) is 21.9. The zero-order valence-corrected chi connectivity index (χ0v) is 12.3. The van der Waals surface area contributed by atoms with Crippen LogP contribution in [0.3, 0.4) is 0 Å². The third-order valence-electron chi connectivity index (χ3n) is 3.12. The van der Waals surface area contributed by atoms with Crippen molar-refractivity contribution in [3.05, 3.63) is 75.6 Å². The Morgan fingerprint density at radius 2 is 1.78 bits per heavy atom. The van der Waals surface area contributed by atoms with Crippen molar-refractivity contribution in [2.45, 2.75) is 13.3 Å². The predicted molar refractivity (Wildman–Crippen MR) is 83.6 cm³/mol. The first kappa shape index (κ1) is 16.3. The van der Waals surface area contributed by atoms with E-state index in [9.17, 15) is 19.3 Å². The molecule has 0 heterocycles. The predicted octanol–water partition coefficient (Wildman–Crippen LogP) is 2.82. The zero-order valence-electron chi connectivity index (χ0n) is 12.3. The molecule has 0 saturated carbocycles. The Kier molecular flexibility index (Phi) is 5.14. The molecule has 0 spiro atoms. The number of nitro groups is 1. The van der Waals surface area contributed by atoms with Gasteiger partial charge in [-0.2, -0.15) is 5.10 Å². The molecule has 0 radical (unpaired) electrons. The summed E-state index contributed by atoms with van der Waals surface area (Å²) in [6.45, 7) is 1.69. The van der Waals surface area contributed by atoms with Gasteiger partial charge in [-0.1, -0.05) is 24.3 Å². The summed E-state index contributed by atoms with van der Waals surface area (Å²) in [5, 5.41) is 14.5. The lowest BCUT2D eigenvalue weighted by Gasteiger charge is -2.03. The van der Waals surface area contributed by atoms with E-state index in [-0.39, 0.29) is 23.8 Å². The van der Waals surface area contributed by atoms with Gasteiger partial charge >= 0.3 is 0 Å². The van der Waals surface area contributed by atoms with E-state index in [0.29, 0.717) is 16.8 Å². The van der Waals surface area contributed by atoms with Gasteiger partial charge in [0.15, 0.2) is 0 Å². The minimum Gasteiger partial charge on any atom is -0.273 e. The fraction of sp³-hybridized carbons (Fsp3) is 0.125. The summed E-state index contributed by atoms with van der Waals surface area (Å²) in [7, 11) is 0. The number of nitrogens with zero attached hydrogens (tertiary/aromatic N) is 2. The lowest BCUT2D eigenvalue weighted by molar-refractivity contribution is -0.384. The normalized spacial score (nSPS) is 11.1. The molecule has 0 saturated heterocycles. The van der Waals surface area contributed by atoms with Gasteiger partial charge in [0, 0.05) is 12.1 Å². The molecule has 0 bridgehead atoms. The molecule has 2 aromatic carbocycles. The monoisotopic (exact) mass is 315 g/mol. The summed E-state index contributed by atoms with van der Waals surface area (Å²) < 4.78 is 12.8. The molecule has 23 heavy (non-hydrogen) atoms. The van der Waals surface area contributed by atoms with E-state index in [4.69, 9.17) is 0 Å². The van der Waals surface area contributed by atoms with Crippen molar-refractivity contribution in [3.63, 3.8) is 0 Å². The second-order valence-corrected chi connectivity index (χ2v) is 4.84. The SMILES string of the molecule is C/C(=N\NC(=O)Cc1ccc([N+](=O)[O-])cc1)c1ccc(F)cc1. The number of hydrogen-bond donors (Lipinski definition) is 1. The molecule has 0 unspecified atom stereocenters. The first-order valence-corrected chi connectivity index (χ1v) is 6.78. The minimum atomic E-state index is -0.500. The molecular weight excluding hydrogens is 301 g/mol. The number of carbonyl (C=O) groups excluding carboxylic acids is 1. The maximum Gasteiger partial charge on any atom is 0.269 e. The number of hydrogen-bond acceptors (Lipinski definition) is 4. The van der Waals surface area contributed by atoms with Crippen molar-refractivity contribution < 1.29 is 14.1 Å². The topological polar surface area (TPSA) is 84.6 Å². The van der Waals surface area contributed by atoms with Crippen LogP contribution in [0, 0.1) is 15.9 Å². The summed E-state index contributed by atoms with van der Waals surface area (Å²) in [6.07, 6.45) is 0.0538. The van der Waals surface area contributed by atoms with Crippen molar-refractivity contribution in [1.82, 2.24) is 5.43 Å². The lowest BCUT2D eigenvalue weighted by Crippen LogP contribution is -2.21. The smallest absolute Gasteiger partial charge is 0.269 e. The molecule has 118 valence electrons. The Hall–Kier alpha value is -3.09. The highest BCUT2D eigenvalue weighted by atomic mass is 19.1. The number of amides is 1. The van der Waals surface area contributed by atoms with Crippen LogP contribution < -0.4 is 5.43 Å². The summed E-state index contributed by atoms with van der Waals surface area (Å²) in [5.41, 5.74) is 4.26. The van der Waals surface area contributed by atoms with Crippen molar-refractivity contribution >= 4 is 17.3 Å². The minimum absolute atomic E-state index is 0.0284. The number of carbonyl (C=O) groups is 1. The Bertz CT molecular complexity index is 740. The third-order valence-corrected chi connectivity index (χ3v) is 3.12. The molecule has 2 aromatic rings. The van der Waals surface area contributed by atoms with E-state index in [2.05, 4.69) is 10.5 Å². The molecule has 7 heteroatoms. The fourth-order valence-electron chi connectivity index (χ4n) is 1.86. The first-order valence-electron chi connectivity index (χ1n) is 6.78. The number of nitro benzene ring substituents is 1. The Morgan fingerprint density at radius 1 is 1.17 bits per heavy atom. The van der Waals surface area contributed by atoms with E-state index < -0.39 is 4.92 Å². The van der Waals surface area contributed by atoms with Crippen LogP contribution >= 0.6 is 0 Å². The van der Waals surface area contributed by atoms with E-state index in [1.165, 1.54) is 36.4 Å². The van der Waals surface area contributed by atoms with Gasteiger partial charge in [-0.05, 0) is 30.2 Å². The van der Waals surface area contributed by atoms with Gasteiger partial charge in [0.05, 0.1) is 17.1 Å². The van der Waals surface area contributed by atoms with Crippen LogP contribution in [0.1, 0.15) is 18.1 Å². The fourth-order valence-corrected chi connectivity index (χ4v) is 1.86. The highest BCUT2D eigenvalue weighted by Crippen LogP contribution is 2.12. The Balaban J connectivity index is 1.95. The number of hydrazone groups is 1. The lowest BCUT2D eigenvalue weighted by atomic mass is 10.1. The molecule has 1 N–H and O–H groups in total. The second kappa shape index (κ2) is 7.26. The van der Waals surface area contributed by atoms with Gasteiger partial charge in [0.2, 0.25) is 5.91 Å². The van der Waals surface area contributed by atoms with E-state index in [1.54, 1.807) is 19.1 Å². The van der Waals surface area contributed by atoms with Crippen molar-refractivity contribution in [2.24, 2.45) is 5.10 Å². The number of nitrogens with one attached hydrogen (secondary N) is 1. The standard InChI is InChI=1S/C16H14FN3O3/c1-11(13-4-6-14(17)7-5-13)18-19-16(21)10-12-2-8-15(9-3-12)20(22)23/h2-9H,10H2,1H3,(H,19,21)/b18-11+. The van der Waals surface area contributed by atoms with E-state index >= 15 is 0 Å². The van der Waals surface area contributed by atoms with Crippen molar-refractivity contribution in [2.75, 3.05) is 0 Å². The maximum atomic E-state index is 12.8. The molecule has 2 rings (SSSR count). The third kappa shape index (κ3) is 4.70. The summed E-state index contributed by atoms with van der Waals surface area (Å²) in [5.74, 6) is -0.691. The van der Waals surface area contributed by atoms with Crippen LogP contribution in [0.4, 0.5) is 10.1 Å². The van der Waals surface area contributed by atoms with E-state index in [0.717, 1.165) is 0 Å². The quantitative estimate of drug-likeness (QED) is 0.523. The van der Waals surface area contributed by atoms with Gasteiger partial charge < -0.3 is 0 Å². The molecule has 0 fully saturated rings. The first-order chi connectivity index (χ1) is 11.0. The molecule has 0 aliphatic carbocycles. The Morgan fingerprint density at radius 3 is 2.35 bits per heavy atom. The van der Waals surface area contributed by atoms with Crippen molar-refractivity contribution in [3.8, 4) is 0 Å². The number of rotatable bonds is 5. The highest BCUT2D eigenvalue weighted by molar-refractivity contribution is 5.99. The maximum absolute atomic E-state index is 12.8. The van der Waals surface area contributed by atoms with Crippen LogP contribution in [-0.2, 0) is 11.2 Å². The molecular formula is C16H14FN3O3. The second-order valence-electron chi connectivity index (χ2n) is 4.84. The zero-order chi connectivity index (χ0) is 16.8. The van der Waals surface area contributed by atoms with Gasteiger partial charge in [-0.3, -0.25) is 14.9 Å². The van der Waals surface area contributed by atoms with Gasteiger partial charge in [-0.15, -0.1) is 0 Å². The van der Waals surface area contributed by atoms with E-state index in [1.807, 2.05) is 0 Å². The number of non-ortho nitro benzene ring substituents is 1. The van der Waals surface area contributed by atoms with Crippen LogP contribution in [0.2, 0.25) is 0 Å². The number of halogens is 1. The molecule has 0 aromatic heterocycles. The largest absolute Gasteiger partial charge is 0.273 e. The van der Waals surface area contributed by atoms with Gasteiger partial charge in [0.1, 0.15) is 5.82 Å². The van der Waals surface area contributed by atoms with Gasteiger partial charge in [0.25, 0.3) is 5.69 Å². The molecule has 1 amide bonds. The Labute approximate surface area is 131 Å². The average Bonchev–Trinajstić information content (AvgIpc) is 2.54. The highest BCUT2D eigenvalue weighted by Gasteiger charge is 2.07. The number of benzene rings is 2. The molecule has 0 aliphatic rings. The average molecular weight is 315 g/mol. The molecule has 0 aliphatic heterocycles. The molecule has 0 atom stereocenters. The summed E-state index contributed by atoms with van der Waals surface area (Å²) >= 11 is 0. The van der Waals surface area contributed by atoms with Crippen LogP contribution in [-0.4, -0.2) is 16.5 Å². The van der Waals surface area contributed by atoms with Gasteiger partial charge in [-0.25, -0.2) is 9.82 Å². The van der Waals surface area contributed by atoms with Crippen LogP contribution in [0.15, 0.2) is 53.6 Å². The van der Waals surface area contributed by atoms with Crippen LogP contribution in [0.25, 0.3) is 0 Å². The molecule has 6 nitrogen and oxygen atoms in total. The summed E-state index contributed by atoms with van der Waals surface area (Å²) in [6, 6.07) is 11.5. The van der Waals surface area contributed by atoms with Crippen molar-refractivity contribution in [1.29, 1.82) is 0 Å². The van der Waals surface area contributed by atoms with Crippen LogP contribution in [0.5, 0.6) is 0 Å².